The van der Waals surface area contributed by atoms with Crippen molar-refractivity contribution in [3.05, 3.63) is 65.2 Å². The summed E-state index contributed by atoms with van der Waals surface area (Å²) in [4.78, 5) is 32.3. The number of thiazole rings is 1. The molecule has 8 nitrogen and oxygen atoms in total. The van der Waals surface area contributed by atoms with Gasteiger partial charge in [-0.3, -0.25) is 0 Å². The number of aromatic nitrogens is 2. The van der Waals surface area contributed by atoms with E-state index in [1.807, 2.05) is 30.3 Å². The zero-order valence-corrected chi connectivity index (χ0v) is 22.1. The Kier molecular flexibility index (Phi) is 5.88. The van der Waals surface area contributed by atoms with Crippen LogP contribution in [0.3, 0.4) is 0 Å². The molecule has 0 radical (unpaired) electrons. The van der Waals surface area contributed by atoms with Crippen molar-refractivity contribution in [2.75, 3.05) is 12.0 Å². The van der Waals surface area contributed by atoms with E-state index in [2.05, 4.69) is 15.0 Å². The molecule has 2 aromatic heterocycles. The number of anilines is 1. The molecule has 4 aromatic rings. The van der Waals surface area contributed by atoms with Crippen LogP contribution < -0.4 is 4.90 Å². The van der Waals surface area contributed by atoms with E-state index in [1.165, 1.54) is 24.5 Å². The van der Waals surface area contributed by atoms with Crippen LogP contribution in [0.15, 0.2) is 47.0 Å². The number of piperidine rings is 1. The molecule has 39 heavy (non-hydrogen) atoms. The van der Waals surface area contributed by atoms with E-state index in [1.54, 1.807) is 6.07 Å². The number of nitrogens with zero attached hydrogens (tertiary/aromatic N) is 3. The number of benzene rings is 2. The second-order valence-electron chi connectivity index (χ2n) is 10.5. The average molecular weight is 548 g/mol. The Labute approximate surface area is 227 Å². The van der Waals surface area contributed by atoms with Gasteiger partial charge in [0.05, 0.1) is 17.4 Å². The molecular weight excluding hydrogens is 521 g/mol. The van der Waals surface area contributed by atoms with Gasteiger partial charge in [0.2, 0.25) is 0 Å². The molecule has 0 N–H and O–H groups in total. The summed E-state index contributed by atoms with van der Waals surface area (Å²) in [6.45, 7) is 0. The van der Waals surface area contributed by atoms with Gasteiger partial charge in [-0.1, -0.05) is 46.8 Å². The van der Waals surface area contributed by atoms with E-state index in [0.29, 0.717) is 34.6 Å². The molecule has 4 heterocycles. The normalized spacial score (nSPS) is 22.3. The smallest absolute Gasteiger partial charge is 0.344 e. The molecule has 0 unspecified atom stereocenters. The molecule has 2 aromatic carbocycles. The molecule has 200 valence electrons. The first kappa shape index (κ1) is 24.3. The third kappa shape index (κ3) is 4.27. The Morgan fingerprint density at radius 1 is 1.05 bits per heavy atom. The van der Waals surface area contributed by atoms with E-state index in [9.17, 15) is 14.0 Å². The minimum atomic E-state index is -0.582. The fourth-order valence-corrected chi connectivity index (χ4v) is 7.15. The van der Waals surface area contributed by atoms with Crippen molar-refractivity contribution < 1.29 is 28.0 Å². The van der Waals surface area contributed by atoms with Gasteiger partial charge in [0.25, 0.3) is 0 Å². The molecular formula is C29H26FN3O5S. The summed E-state index contributed by atoms with van der Waals surface area (Å²) in [5.74, 6) is -0.661. The van der Waals surface area contributed by atoms with Crippen LogP contribution in [0.1, 0.15) is 70.9 Å². The molecule has 3 fully saturated rings. The van der Waals surface area contributed by atoms with Gasteiger partial charge in [0.15, 0.2) is 16.7 Å². The zero-order chi connectivity index (χ0) is 26.7. The predicted octanol–water partition coefficient (Wildman–Crippen LogP) is 6.11. The quantitative estimate of drug-likeness (QED) is 0.267. The zero-order valence-electron chi connectivity index (χ0n) is 21.3. The Morgan fingerprint density at radius 2 is 1.79 bits per heavy atom. The maximum absolute atomic E-state index is 14.8. The molecule has 3 aliphatic rings. The van der Waals surface area contributed by atoms with Crippen LogP contribution in [0.5, 0.6) is 0 Å². The molecule has 2 bridgehead atoms. The second-order valence-corrected chi connectivity index (χ2v) is 11.5. The van der Waals surface area contributed by atoms with Gasteiger partial charge in [0.1, 0.15) is 22.9 Å². The topological polar surface area (TPSA) is 94.8 Å². The summed E-state index contributed by atoms with van der Waals surface area (Å²) in [7, 11) is 1.27. The highest BCUT2D eigenvalue weighted by Crippen LogP contribution is 2.46. The predicted molar refractivity (Wildman–Crippen MR) is 143 cm³/mol. The summed E-state index contributed by atoms with van der Waals surface area (Å²) >= 11 is 1.37. The monoisotopic (exact) mass is 547 g/mol. The summed E-state index contributed by atoms with van der Waals surface area (Å²) in [5, 5.41) is 4.98. The minimum Gasteiger partial charge on any atom is -0.465 e. The number of ether oxygens (including phenoxy) is 2. The maximum Gasteiger partial charge on any atom is 0.344 e. The van der Waals surface area contributed by atoms with Crippen LogP contribution in [-0.2, 0) is 9.47 Å². The number of methoxy groups -OCH3 is 1. The van der Waals surface area contributed by atoms with Gasteiger partial charge in [-0.05, 0) is 37.8 Å². The number of esters is 2. The van der Waals surface area contributed by atoms with Crippen molar-refractivity contribution in [3.8, 4) is 11.3 Å². The molecule has 1 saturated carbocycles. The van der Waals surface area contributed by atoms with Gasteiger partial charge in [0, 0.05) is 36.4 Å². The fourth-order valence-electron chi connectivity index (χ4n) is 5.99. The van der Waals surface area contributed by atoms with Gasteiger partial charge in [-0.25, -0.2) is 19.0 Å². The van der Waals surface area contributed by atoms with Crippen LogP contribution in [0.4, 0.5) is 9.52 Å². The highest BCUT2D eigenvalue weighted by Gasteiger charge is 2.44. The van der Waals surface area contributed by atoms with Crippen molar-refractivity contribution in [2.24, 2.45) is 0 Å². The molecule has 0 amide bonds. The van der Waals surface area contributed by atoms with Crippen LogP contribution in [0.2, 0.25) is 0 Å². The van der Waals surface area contributed by atoms with Crippen molar-refractivity contribution in [1.29, 1.82) is 0 Å². The largest absolute Gasteiger partial charge is 0.465 e. The molecule has 1 aliphatic carbocycles. The molecule has 7 rings (SSSR count). The minimum absolute atomic E-state index is 0.129. The van der Waals surface area contributed by atoms with Crippen LogP contribution in [-0.4, -0.2) is 47.4 Å². The van der Waals surface area contributed by atoms with Crippen molar-refractivity contribution >= 4 is 38.6 Å². The van der Waals surface area contributed by atoms with Gasteiger partial charge in [-0.2, -0.15) is 0 Å². The average Bonchev–Trinajstić information content (AvgIpc) is 3.43. The lowest BCUT2D eigenvalue weighted by atomic mass is 9.99. The summed E-state index contributed by atoms with van der Waals surface area (Å²) in [6.07, 6.45) is 4.94. The fraction of sp³-hybridized carbons (Fsp3) is 0.379. The third-order valence-electron chi connectivity index (χ3n) is 7.96. The lowest BCUT2D eigenvalue weighted by molar-refractivity contribution is 0.0202. The first-order chi connectivity index (χ1) is 19.0. The highest BCUT2D eigenvalue weighted by atomic mass is 32.1. The molecule has 10 heteroatoms. The standard InChI is InChI=1S/C29H26FN3O5S/c1-36-27(34)17-11-21(30)25-22(12-17)39-29(31-25)33-18-9-10-19(33)14-20(13-18)37-28(35)23-24(15-5-3-2-4-6-15)32-38-26(23)16-7-8-16/h2-6,11-12,16,18-20H,7-10,13-14H2,1H3/t18-,19+,20-. The SMILES string of the molecule is COC(=O)c1cc(F)c2nc(N3[C@@H]4CC[C@H]3C[C@H](OC(=O)c3c(-c5ccccc5)noc3C3CC3)C4)sc2c1. The first-order valence-electron chi connectivity index (χ1n) is 13.2. The van der Waals surface area contributed by atoms with E-state index in [0.717, 1.165) is 36.4 Å². The lowest BCUT2D eigenvalue weighted by Gasteiger charge is -2.38. The van der Waals surface area contributed by atoms with Crippen LogP contribution in [0, 0.1) is 5.82 Å². The second kappa shape index (κ2) is 9.44. The van der Waals surface area contributed by atoms with Gasteiger partial charge in [-0.15, -0.1) is 0 Å². The Bertz CT molecular complexity index is 1570. The maximum atomic E-state index is 14.8. The first-order valence-corrected chi connectivity index (χ1v) is 14.0. The molecule has 2 saturated heterocycles. The number of rotatable bonds is 6. The van der Waals surface area contributed by atoms with Gasteiger partial charge >= 0.3 is 11.9 Å². The van der Waals surface area contributed by atoms with Crippen molar-refractivity contribution in [3.63, 3.8) is 0 Å². The number of carbonyl (C=O) groups excluding carboxylic acids is 2. The number of halogens is 1. The Morgan fingerprint density at radius 3 is 2.49 bits per heavy atom. The van der Waals surface area contributed by atoms with Crippen LogP contribution in [0.25, 0.3) is 21.5 Å². The molecule has 3 atom stereocenters. The number of hydrogen-bond acceptors (Lipinski definition) is 9. The summed E-state index contributed by atoms with van der Waals surface area (Å²) < 4.78 is 31.9. The molecule has 2 aliphatic heterocycles. The van der Waals surface area contributed by atoms with E-state index < -0.39 is 11.8 Å². The van der Waals surface area contributed by atoms with Crippen molar-refractivity contribution in [1.82, 2.24) is 10.1 Å². The Hall–Kier alpha value is -3.79. The lowest BCUT2D eigenvalue weighted by Crippen LogP contribution is -2.46. The van der Waals surface area contributed by atoms with E-state index >= 15 is 0 Å². The van der Waals surface area contributed by atoms with E-state index in [4.69, 9.17) is 14.0 Å². The highest BCUT2D eigenvalue weighted by molar-refractivity contribution is 7.22. The Balaban J connectivity index is 1.12. The van der Waals surface area contributed by atoms with Crippen molar-refractivity contribution in [2.45, 2.75) is 62.6 Å². The van der Waals surface area contributed by atoms with Crippen LogP contribution >= 0.6 is 11.3 Å². The number of hydrogen-bond donors (Lipinski definition) is 0. The van der Waals surface area contributed by atoms with Gasteiger partial charge < -0.3 is 18.9 Å². The summed E-state index contributed by atoms with van der Waals surface area (Å²) in [5.41, 5.74) is 2.23. The molecule has 0 spiro atoms. The third-order valence-corrected chi connectivity index (χ3v) is 8.98. The summed E-state index contributed by atoms with van der Waals surface area (Å²) in [6, 6.07) is 12.6. The number of fused-ring (bicyclic) bond motifs is 3. The van der Waals surface area contributed by atoms with E-state index in [-0.39, 0.29) is 41.2 Å². The number of carbonyl (C=O) groups is 2.